The third kappa shape index (κ3) is 3.67. The fourth-order valence-corrected chi connectivity index (χ4v) is 5.92. The SMILES string of the molecule is CC1CCCC(CCl)(NS(=O)(=O)N2CCCCC2C)C1. The van der Waals surface area contributed by atoms with Crippen LogP contribution in [0.25, 0.3) is 0 Å². The lowest BCUT2D eigenvalue weighted by molar-refractivity contribution is 0.220. The molecule has 20 heavy (non-hydrogen) atoms. The average molecular weight is 323 g/mol. The second-order valence-corrected chi connectivity index (χ2v) is 8.57. The van der Waals surface area contributed by atoms with Gasteiger partial charge in [-0.2, -0.15) is 17.4 Å². The minimum Gasteiger partial charge on any atom is -0.195 e. The summed E-state index contributed by atoms with van der Waals surface area (Å²) >= 11 is 6.14. The summed E-state index contributed by atoms with van der Waals surface area (Å²) in [6.45, 7) is 4.80. The van der Waals surface area contributed by atoms with Gasteiger partial charge in [0.1, 0.15) is 0 Å². The zero-order valence-corrected chi connectivity index (χ0v) is 14.1. The molecule has 1 saturated heterocycles. The third-order valence-electron chi connectivity index (χ3n) is 4.74. The predicted octanol–water partition coefficient (Wildman–Crippen LogP) is 2.88. The van der Waals surface area contributed by atoms with Crippen molar-refractivity contribution < 1.29 is 8.42 Å². The van der Waals surface area contributed by atoms with E-state index in [9.17, 15) is 8.42 Å². The van der Waals surface area contributed by atoms with Gasteiger partial charge in [0.25, 0.3) is 10.2 Å². The summed E-state index contributed by atoms with van der Waals surface area (Å²) in [4.78, 5) is 0. The van der Waals surface area contributed by atoms with Crippen LogP contribution in [0.5, 0.6) is 0 Å². The number of alkyl halides is 1. The molecule has 3 atom stereocenters. The van der Waals surface area contributed by atoms with Gasteiger partial charge in [-0.25, -0.2) is 0 Å². The molecule has 0 amide bonds. The molecule has 0 bridgehead atoms. The fourth-order valence-electron chi connectivity index (χ4n) is 3.66. The Kier molecular flexibility index (Phi) is 5.38. The van der Waals surface area contributed by atoms with Gasteiger partial charge in [0, 0.05) is 24.0 Å². The quantitative estimate of drug-likeness (QED) is 0.809. The molecule has 1 heterocycles. The van der Waals surface area contributed by atoms with Crippen molar-refractivity contribution in [2.45, 2.75) is 70.4 Å². The van der Waals surface area contributed by atoms with Crippen LogP contribution in [0.3, 0.4) is 0 Å². The molecule has 6 heteroatoms. The molecule has 3 unspecified atom stereocenters. The van der Waals surface area contributed by atoms with Crippen LogP contribution in [0, 0.1) is 5.92 Å². The lowest BCUT2D eigenvalue weighted by Gasteiger charge is -2.42. The molecule has 2 fully saturated rings. The molecule has 1 N–H and O–H groups in total. The maximum absolute atomic E-state index is 12.7. The van der Waals surface area contributed by atoms with Crippen molar-refractivity contribution >= 4 is 21.8 Å². The van der Waals surface area contributed by atoms with Crippen molar-refractivity contribution in [3.63, 3.8) is 0 Å². The monoisotopic (exact) mass is 322 g/mol. The van der Waals surface area contributed by atoms with E-state index >= 15 is 0 Å². The van der Waals surface area contributed by atoms with Crippen molar-refractivity contribution in [3.8, 4) is 0 Å². The average Bonchev–Trinajstić information content (AvgIpc) is 2.38. The molecule has 0 aromatic rings. The number of nitrogens with one attached hydrogen (secondary N) is 1. The summed E-state index contributed by atoms with van der Waals surface area (Å²) in [6.07, 6.45) is 6.93. The summed E-state index contributed by atoms with van der Waals surface area (Å²) in [5, 5.41) is 0. The predicted molar refractivity (Wildman–Crippen MR) is 83.2 cm³/mol. The molecule has 2 aliphatic rings. The van der Waals surface area contributed by atoms with Gasteiger partial charge >= 0.3 is 0 Å². The Morgan fingerprint density at radius 1 is 1.25 bits per heavy atom. The summed E-state index contributed by atoms with van der Waals surface area (Å²) in [7, 11) is -3.43. The molecule has 1 aliphatic carbocycles. The third-order valence-corrected chi connectivity index (χ3v) is 7.11. The fraction of sp³-hybridized carbons (Fsp3) is 1.00. The summed E-state index contributed by atoms with van der Waals surface area (Å²) in [5.74, 6) is 0.891. The highest BCUT2D eigenvalue weighted by Crippen LogP contribution is 2.34. The standard InChI is InChI=1S/C14H27ClN2O2S/c1-12-6-5-8-14(10-12,11-15)16-20(18,19)17-9-4-3-7-13(17)2/h12-13,16H,3-11H2,1-2H3. The Morgan fingerprint density at radius 2 is 2.00 bits per heavy atom. The molecule has 0 aromatic carbocycles. The molecule has 0 radical (unpaired) electrons. The van der Waals surface area contributed by atoms with Gasteiger partial charge in [0.2, 0.25) is 0 Å². The molecule has 4 nitrogen and oxygen atoms in total. The highest BCUT2D eigenvalue weighted by atomic mass is 35.5. The van der Waals surface area contributed by atoms with Gasteiger partial charge in [-0.1, -0.05) is 26.2 Å². The Hall–Kier alpha value is 0.160. The summed E-state index contributed by atoms with van der Waals surface area (Å²) < 4.78 is 30.0. The Labute approximate surface area is 128 Å². The number of rotatable bonds is 4. The molecule has 1 aliphatic heterocycles. The van der Waals surface area contributed by atoms with E-state index in [1.165, 1.54) is 6.42 Å². The molecule has 0 spiro atoms. The smallest absolute Gasteiger partial charge is 0.195 e. The molecule has 1 saturated carbocycles. The van der Waals surface area contributed by atoms with Gasteiger partial charge in [0.15, 0.2) is 0 Å². The number of piperidine rings is 1. The second-order valence-electron chi connectivity index (χ2n) is 6.68. The van der Waals surface area contributed by atoms with Gasteiger partial charge < -0.3 is 0 Å². The van der Waals surface area contributed by atoms with Crippen molar-refractivity contribution in [1.82, 2.24) is 9.03 Å². The maximum atomic E-state index is 12.7. The van der Waals surface area contributed by atoms with Gasteiger partial charge in [-0.3, -0.25) is 0 Å². The van der Waals surface area contributed by atoms with Gasteiger partial charge in [-0.05, 0) is 38.5 Å². The highest BCUT2D eigenvalue weighted by molar-refractivity contribution is 7.87. The zero-order valence-electron chi connectivity index (χ0n) is 12.6. The van der Waals surface area contributed by atoms with Crippen LogP contribution in [0.4, 0.5) is 0 Å². The minimum atomic E-state index is -3.43. The van der Waals surface area contributed by atoms with E-state index in [2.05, 4.69) is 11.6 Å². The van der Waals surface area contributed by atoms with Crippen molar-refractivity contribution in [2.75, 3.05) is 12.4 Å². The summed E-state index contributed by atoms with van der Waals surface area (Å²) in [6, 6.07) is 0.0923. The number of halogens is 1. The number of hydrogen-bond donors (Lipinski definition) is 1. The van der Waals surface area contributed by atoms with Crippen LogP contribution in [-0.4, -0.2) is 36.7 Å². The van der Waals surface area contributed by atoms with Crippen LogP contribution < -0.4 is 4.72 Å². The summed E-state index contributed by atoms with van der Waals surface area (Å²) in [5.41, 5.74) is -0.449. The van der Waals surface area contributed by atoms with E-state index in [0.29, 0.717) is 18.3 Å². The largest absolute Gasteiger partial charge is 0.280 e. The van der Waals surface area contributed by atoms with Crippen LogP contribution >= 0.6 is 11.6 Å². The van der Waals surface area contributed by atoms with E-state index in [0.717, 1.165) is 38.5 Å². The van der Waals surface area contributed by atoms with Crippen LogP contribution in [-0.2, 0) is 10.2 Å². The second kappa shape index (κ2) is 6.51. The maximum Gasteiger partial charge on any atom is 0.280 e. The topological polar surface area (TPSA) is 49.4 Å². The molecule has 0 aromatic heterocycles. The van der Waals surface area contributed by atoms with Crippen molar-refractivity contribution in [3.05, 3.63) is 0 Å². The first-order chi connectivity index (χ1) is 9.38. The lowest BCUT2D eigenvalue weighted by atomic mass is 9.78. The zero-order chi connectivity index (χ0) is 14.8. The Bertz CT molecular complexity index is 429. The molecule has 118 valence electrons. The van der Waals surface area contributed by atoms with E-state index < -0.39 is 15.7 Å². The van der Waals surface area contributed by atoms with Crippen molar-refractivity contribution in [1.29, 1.82) is 0 Å². The van der Waals surface area contributed by atoms with Crippen LogP contribution in [0.2, 0.25) is 0 Å². The van der Waals surface area contributed by atoms with E-state index in [1.54, 1.807) is 4.31 Å². The number of hydrogen-bond acceptors (Lipinski definition) is 2. The lowest BCUT2D eigenvalue weighted by Crippen LogP contribution is -2.58. The van der Waals surface area contributed by atoms with Crippen molar-refractivity contribution in [2.24, 2.45) is 5.92 Å². The molecule has 2 rings (SSSR count). The molecular weight excluding hydrogens is 296 g/mol. The van der Waals surface area contributed by atoms with Gasteiger partial charge in [0.05, 0.1) is 0 Å². The Balaban J connectivity index is 2.12. The van der Waals surface area contributed by atoms with Crippen LogP contribution in [0.1, 0.15) is 58.8 Å². The Morgan fingerprint density at radius 3 is 2.60 bits per heavy atom. The van der Waals surface area contributed by atoms with E-state index in [-0.39, 0.29) is 6.04 Å². The van der Waals surface area contributed by atoms with Crippen LogP contribution in [0.15, 0.2) is 0 Å². The first-order valence-electron chi connectivity index (χ1n) is 7.75. The van der Waals surface area contributed by atoms with E-state index in [4.69, 9.17) is 11.6 Å². The number of nitrogens with zero attached hydrogens (tertiary/aromatic N) is 1. The minimum absolute atomic E-state index is 0.0923. The highest BCUT2D eigenvalue weighted by Gasteiger charge is 2.40. The first kappa shape index (κ1) is 16.5. The molecular formula is C14H27ClN2O2S. The van der Waals surface area contributed by atoms with Gasteiger partial charge in [-0.15, -0.1) is 11.6 Å². The normalized spacial score (nSPS) is 37.0. The first-order valence-corrected chi connectivity index (χ1v) is 9.73. The van der Waals surface area contributed by atoms with E-state index in [1.807, 2.05) is 6.92 Å².